The highest BCUT2D eigenvalue weighted by Crippen LogP contribution is 2.37. The number of pyridine rings is 1. The summed E-state index contributed by atoms with van der Waals surface area (Å²) < 4.78 is 20.8. The summed E-state index contributed by atoms with van der Waals surface area (Å²) in [6, 6.07) is 13.3. The lowest BCUT2D eigenvalue weighted by atomic mass is 10.1. The second-order valence-corrected chi connectivity index (χ2v) is 8.25. The zero-order valence-corrected chi connectivity index (χ0v) is 18.7. The Labute approximate surface area is 200 Å². The Kier molecular flexibility index (Phi) is 6.01. The maximum atomic E-state index is 14.8. The van der Waals surface area contributed by atoms with Gasteiger partial charge in [0.15, 0.2) is 11.6 Å². The maximum Gasteiger partial charge on any atom is 0.407 e. The number of likely N-dealkylation sites (tertiary alicyclic amines) is 1. The summed E-state index contributed by atoms with van der Waals surface area (Å²) in [7, 11) is 0. The van der Waals surface area contributed by atoms with Crippen LogP contribution in [0.2, 0.25) is 0 Å². The van der Waals surface area contributed by atoms with Crippen LogP contribution >= 0.6 is 0 Å². The standard InChI is InChI=1S/C25H23FN6O3/c26-19-9-8-16-17(5-1-7-20(16)27)22(19)35-23-18(6-2-11-28-23)21-10-12-29-24(31-21)30-15-4-3-13-32(14-15)25(33)34/h1-2,5-12,15H,3-4,13-14,27H2,(H,33,34)(H,29,30,31)/t15-/m0/s1. The average Bonchev–Trinajstić information content (AvgIpc) is 2.86. The molecule has 1 fully saturated rings. The van der Waals surface area contributed by atoms with E-state index >= 15 is 0 Å². The number of nitrogens with zero attached hydrogens (tertiary/aromatic N) is 4. The van der Waals surface area contributed by atoms with E-state index in [-0.39, 0.29) is 17.7 Å². The molecule has 9 nitrogen and oxygen atoms in total. The fraction of sp³-hybridized carbons (Fsp3) is 0.200. The molecule has 10 heteroatoms. The van der Waals surface area contributed by atoms with E-state index in [0.29, 0.717) is 46.8 Å². The zero-order chi connectivity index (χ0) is 24.4. The molecule has 5 rings (SSSR count). The highest BCUT2D eigenvalue weighted by molar-refractivity contribution is 5.97. The zero-order valence-electron chi connectivity index (χ0n) is 18.7. The molecule has 2 aromatic heterocycles. The molecule has 0 aliphatic carbocycles. The van der Waals surface area contributed by atoms with Crippen molar-refractivity contribution in [2.45, 2.75) is 18.9 Å². The van der Waals surface area contributed by atoms with Crippen LogP contribution < -0.4 is 15.8 Å². The molecule has 35 heavy (non-hydrogen) atoms. The van der Waals surface area contributed by atoms with E-state index < -0.39 is 11.9 Å². The van der Waals surface area contributed by atoms with Gasteiger partial charge in [0.1, 0.15) is 0 Å². The smallest absolute Gasteiger partial charge is 0.407 e. The van der Waals surface area contributed by atoms with Gasteiger partial charge < -0.3 is 25.8 Å². The number of nitrogens with one attached hydrogen (secondary N) is 1. The number of carboxylic acid groups (broad SMARTS) is 1. The van der Waals surface area contributed by atoms with Crippen LogP contribution in [0.4, 0.5) is 20.8 Å². The molecule has 1 amide bonds. The number of anilines is 2. The number of rotatable bonds is 5. The Hall–Kier alpha value is -4.47. The van der Waals surface area contributed by atoms with Crippen LogP contribution in [0.3, 0.4) is 0 Å². The van der Waals surface area contributed by atoms with Crippen LogP contribution in [0, 0.1) is 5.82 Å². The number of ether oxygens (including phenoxy) is 1. The number of nitrogens with two attached hydrogens (primary N) is 1. The quantitative estimate of drug-likeness (QED) is 0.354. The van der Waals surface area contributed by atoms with Crippen molar-refractivity contribution in [2.24, 2.45) is 0 Å². The SMILES string of the molecule is Nc1cccc2c(Oc3ncccc3-c3ccnc(N[C@H]4CCCN(C(=O)O)C4)n3)c(F)ccc12. The van der Waals surface area contributed by atoms with Crippen molar-refractivity contribution in [3.05, 3.63) is 66.7 Å². The number of hydrogen-bond donors (Lipinski definition) is 3. The number of halogens is 1. The molecular formula is C25H23FN6O3. The van der Waals surface area contributed by atoms with Gasteiger partial charge in [0, 0.05) is 48.0 Å². The number of carbonyl (C=O) groups is 1. The van der Waals surface area contributed by atoms with E-state index in [0.717, 1.165) is 12.8 Å². The van der Waals surface area contributed by atoms with Crippen molar-refractivity contribution in [1.29, 1.82) is 0 Å². The minimum absolute atomic E-state index is 0.0260. The number of fused-ring (bicyclic) bond motifs is 1. The van der Waals surface area contributed by atoms with Gasteiger partial charge in [-0.3, -0.25) is 0 Å². The van der Waals surface area contributed by atoms with Gasteiger partial charge in [-0.15, -0.1) is 0 Å². The van der Waals surface area contributed by atoms with Crippen molar-refractivity contribution in [2.75, 3.05) is 24.1 Å². The lowest BCUT2D eigenvalue weighted by Gasteiger charge is -2.31. The fourth-order valence-corrected chi connectivity index (χ4v) is 4.22. The number of amides is 1. The van der Waals surface area contributed by atoms with Crippen LogP contribution in [0.25, 0.3) is 22.0 Å². The van der Waals surface area contributed by atoms with Gasteiger partial charge in [-0.1, -0.05) is 12.1 Å². The van der Waals surface area contributed by atoms with Crippen LogP contribution in [-0.4, -0.2) is 50.2 Å². The number of aromatic nitrogens is 3. The van der Waals surface area contributed by atoms with Gasteiger partial charge >= 0.3 is 6.09 Å². The largest absolute Gasteiger partial charge is 0.465 e. The first-order valence-electron chi connectivity index (χ1n) is 11.2. The average molecular weight is 474 g/mol. The first kappa shape index (κ1) is 22.3. The molecule has 0 radical (unpaired) electrons. The maximum absolute atomic E-state index is 14.8. The van der Waals surface area contributed by atoms with E-state index in [2.05, 4.69) is 20.3 Å². The molecule has 2 aromatic carbocycles. The summed E-state index contributed by atoms with van der Waals surface area (Å²) in [4.78, 5) is 25.9. The molecule has 4 aromatic rings. The van der Waals surface area contributed by atoms with E-state index in [1.807, 2.05) is 0 Å². The molecule has 0 unspecified atom stereocenters. The minimum Gasteiger partial charge on any atom is -0.465 e. The lowest BCUT2D eigenvalue weighted by Crippen LogP contribution is -2.44. The Bertz CT molecular complexity index is 1400. The van der Waals surface area contributed by atoms with Crippen molar-refractivity contribution in [1.82, 2.24) is 19.9 Å². The monoisotopic (exact) mass is 474 g/mol. The normalized spacial score (nSPS) is 15.7. The summed E-state index contributed by atoms with van der Waals surface area (Å²) in [5.74, 6) is 0.0301. The summed E-state index contributed by atoms with van der Waals surface area (Å²) in [5.41, 5.74) is 7.65. The third-order valence-electron chi connectivity index (χ3n) is 5.92. The Morgan fingerprint density at radius 3 is 2.86 bits per heavy atom. The Morgan fingerprint density at radius 2 is 2.00 bits per heavy atom. The molecule has 1 saturated heterocycles. The lowest BCUT2D eigenvalue weighted by molar-refractivity contribution is 0.132. The van der Waals surface area contributed by atoms with Crippen LogP contribution in [0.15, 0.2) is 60.9 Å². The highest BCUT2D eigenvalue weighted by atomic mass is 19.1. The van der Waals surface area contributed by atoms with E-state index in [4.69, 9.17) is 10.5 Å². The number of hydrogen-bond acceptors (Lipinski definition) is 7. The Morgan fingerprint density at radius 1 is 1.11 bits per heavy atom. The van der Waals surface area contributed by atoms with Crippen molar-refractivity contribution in [3.63, 3.8) is 0 Å². The molecule has 0 spiro atoms. The number of piperidine rings is 1. The van der Waals surface area contributed by atoms with Crippen molar-refractivity contribution >= 4 is 28.5 Å². The Balaban J connectivity index is 1.45. The van der Waals surface area contributed by atoms with E-state index in [1.54, 1.807) is 54.9 Å². The summed E-state index contributed by atoms with van der Waals surface area (Å²) in [6.07, 6.45) is 3.77. The molecular weight excluding hydrogens is 451 g/mol. The minimum atomic E-state index is -0.939. The molecule has 0 bridgehead atoms. The fourth-order valence-electron chi connectivity index (χ4n) is 4.22. The number of benzene rings is 2. The van der Waals surface area contributed by atoms with Gasteiger partial charge in [-0.25, -0.2) is 24.1 Å². The number of nitrogen functional groups attached to an aromatic ring is 1. The topological polar surface area (TPSA) is 126 Å². The van der Waals surface area contributed by atoms with E-state index in [1.165, 1.54) is 11.0 Å². The molecule has 3 heterocycles. The predicted molar refractivity (Wildman–Crippen MR) is 130 cm³/mol. The second-order valence-electron chi connectivity index (χ2n) is 8.25. The first-order valence-corrected chi connectivity index (χ1v) is 11.2. The van der Waals surface area contributed by atoms with Crippen LogP contribution in [0.1, 0.15) is 12.8 Å². The highest BCUT2D eigenvalue weighted by Gasteiger charge is 2.24. The molecule has 1 atom stereocenters. The van der Waals surface area contributed by atoms with Gasteiger partial charge in [-0.05, 0) is 49.2 Å². The summed E-state index contributed by atoms with van der Waals surface area (Å²) >= 11 is 0. The van der Waals surface area contributed by atoms with Crippen molar-refractivity contribution < 1.29 is 19.0 Å². The third kappa shape index (κ3) is 4.63. The van der Waals surface area contributed by atoms with Crippen molar-refractivity contribution in [3.8, 4) is 22.9 Å². The van der Waals surface area contributed by atoms with Gasteiger partial charge in [0.2, 0.25) is 11.8 Å². The van der Waals surface area contributed by atoms with Gasteiger partial charge in [0.25, 0.3) is 0 Å². The predicted octanol–water partition coefficient (Wildman–Crippen LogP) is 4.76. The molecule has 1 aliphatic rings. The molecule has 1 aliphatic heterocycles. The summed E-state index contributed by atoms with van der Waals surface area (Å²) in [6.45, 7) is 0.870. The van der Waals surface area contributed by atoms with E-state index in [9.17, 15) is 14.3 Å². The third-order valence-corrected chi connectivity index (χ3v) is 5.92. The first-order chi connectivity index (χ1) is 17.0. The van der Waals surface area contributed by atoms with Gasteiger partial charge in [-0.2, -0.15) is 0 Å². The van der Waals surface area contributed by atoms with Crippen LogP contribution in [-0.2, 0) is 0 Å². The summed E-state index contributed by atoms with van der Waals surface area (Å²) in [5, 5.41) is 13.7. The molecule has 178 valence electrons. The molecule has 4 N–H and O–H groups in total. The van der Waals surface area contributed by atoms with Gasteiger partial charge in [0.05, 0.1) is 11.3 Å². The molecule has 0 saturated carbocycles. The van der Waals surface area contributed by atoms with Crippen LogP contribution in [0.5, 0.6) is 11.6 Å². The second kappa shape index (κ2) is 9.41.